The molecule has 0 spiro atoms. The van der Waals surface area contributed by atoms with Crippen molar-refractivity contribution in [1.82, 2.24) is 9.21 Å². The van der Waals surface area contributed by atoms with E-state index in [1.165, 1.54) is 35.6 Å². The molecule has 1 N–H and O–H groups in total. The van der Waals surface area contributed by atoms with E-state index in [9.17, 15) is 23.3 Å². The van der Waals surface area contributed by atoms with Crippen LogP contribution in [0.4, 0.5) is 9.80 Å². The van der Waals surface area contributed by atoms with Crippen LogP contribution in [0.2, 0.25) is 0 Å². The SMILES string of the molecule is CCOC(=O)N1CCc2c(sc(NC(=O)c3ccc(S(=O)(=O)N(CCC#N)CCC#N)cc3)c2C#N)C1. The minimum Gasteiger partial charge on any atom is -0.450 e. The van der Waals surface area contributed by atoms with Gasteiger partial charge in [-0.05, 0) is 43.2 Å². The van der Waals surface area contributed by atoms with Crippen LogP contribution in [-0.4, -0.2) is 55.9 Å². The highest BCUT2D eigenvalue weighted by Gasteiger charge is 2.29. The smallest absolute Gasteiger partial charge is 0.410 e. The van der Waals surface area contributed by atoms with Gasteiger partial charge < -0.3 is 15.0 Å². The maximum atomic E-state index is 13.0. The number of fused-ring (bicyclic) bond motifs is 1. The maximum absolute atomic E-state index is 13.0. The Morgan fingerprint density at radius 1 is 1.14 bits per heavy atom. The molecule has 192 valence electrons. The summed E-state index contributed by atoms with van der Waals surface area (Å²) in [4.78, 5) is 27.2. The first-order valence-electron chi connectivity index (χ1n) is 11.4. The van der Waals surface area contributed by atoms with Gasteiger partial charge in [0.1, 0.15) is 11.1 Å². The third-order valence-corrected chi connectivity index (χ3v) is 8.67. The van der Waals surface area contributed by atoms with E-state index in [4.69, 9.17) is 15.3 Å². The number of carbonyl (C=O) groups excluding carboxylic acids is 2. The van der Waals surface area contributed by atoms with Crippen LogP contribution in [0, 0.1) is 34.0 Å². The second-order valence-electron chi connectivity index (χ2n) is 7.89. The van der Waals surface area contributed by atoms with Crippen molar-refractivity contribution in [1.29, 1.82) is 15.8 Å². The Morgan fingerprint density at radius 2 is 1.78 bits per heavy atom. The number of nitrogens with zero attached hydrogens (tertiary/aromatic N) is 5. The number of nitriles is 3. The number of ether oxygens (including phenoxy) is 1. The normalized spacial score (nSPS) is 12.7. The molecule has 0 atom stereocenters. The number of amides is 2. The number of hydrogen-bond donors (Lipinski definition) is 1. The molecule has 2 heterocycles. The Kier molecular flexibility index (Phi) is 9.20. The van der Waals surface area contributed by atoms with Gasteiger partial charge in [-0.25, -0.2) is 13.2 Å². The summed E-state index contributed by atoms with van der Waals surface area (Å²) < 4.78 is 32.1. The highest BCUT2D eigenvalue weighted by atomic mass is 32.2. The van der Waals surface area contributed by atoms with Crippen LogP contribution < -0.4 is 5.32 Å². The number of hydrogen-bond acceptors (Lipinski definition) is 9. The maximum Gasteiger partial charge on any atom is 0.410 e. The Labute approximate surface area is 219 Å². The minimum absolute atomic E-state index is 0.0191. The minimum atomic E-state index is -3.96. The zero-order valence-corrected chi connectivity index (χ0v) is 21.7. The van der Waals surface area contributed by atoms with Crippen molar-refractivity contribution in [2.75, 3.05) is 31.6 Å². The van der Waals surface area contributed by atoms with Crippen molar-refractivity contribution in [3.05, 3.63) is 45.8 Å². The van der Waals surface area contributed by atoms with Crippen LogP contribution in [0.3, 0.4) is 0 Å². The lowest BCUT2D eigenvalue weighted by Crippen LogP contribution is -2.35. The molecule has 1 aromatic heterocycles. The van der Waals surface area contributed by atoms with E-state index in [0.717, 1.165) is 14.7 Å². The van der Waals surface area contributed by atoms with Gasteiger partial charge in [0.15, 0.2) is 0 Å². The first kappa shape index (κ1) is 27.6. The van der Waals surface area contributed by atoms with E-state index in [1.54, 1.807) is 11.8 Å². The van der Waals surface area contributed by atoms with Gasteiger partial charge in [0.25, 0.3) is 5.91 Å². The molecule has 0 unspecified atom stereocenters. The molecule has 1 aliphatic rings. The Bertz CT molecular complexity index is 1380. The Balaban J connectivity index is 1.77. The fourth-order valence-electron chi connectivity index (χ4n) is 3.78. The molecule has 1 aromatic carbocycles. The molecular weight excluding hydrogens is 516 g/mol. The molecule has 13 heteroatoms. The third-order valence-electron chi connectivity index (χ3n) is 5.62. The number of carbonyl (C=O) groups is 2. The number of anilines is 1. The van der Waals surface area contributed by atoms with Crippen molar-refractivity contribution in [2.45, 2.75) is 37.6 Å². The predicted molar refractivity (Wildman–Crippen MR) is 134 cm³/mol. The van der Waals surface area contributed by atoms with E-state index in [-0.39, 0.29) is 49.5 Å². The molecule has 0 saturated heterocycles. The first-order valence-corrected chi connectivity index (χ1v) is 13.6. The molecule has 0 fully saturated rings. The van der Waals surface area contributed by atoms with Gasteiger partial charge in [0.05, 0.1) is 35.7 Å². The van der Waals surface area contributed by atoms with Crippen LogP contribution in [0.5, 0.6) is 0 Å². The fourth-order valence-corrected chi connectivity index (χ4v) is 6.43. The van der Waals surface area contributed by atoms with E-state index >= 15 is 0 Å². The lowest BCUT2D eigenvalue weighted by atomic mass is 10.0. The van der Waals surface area contributed by atoms with Crippen molar-refractivity contribution in [2.24, 2.45) is 0 Å². The molecule has 0 radical (unpaired) electrons. The fraction of sp³-hybridized carbons (Fsp3) is 0.375. The standard InChI is InChI=1S/C24H24N6O5S2/c1-2-35-24(32)29-14-9-19-20(15-27)23(36-21(19)16-29)28-22(31)17-5-7-18(8-6-17)37(33,34)30(12-3-10-25)13-4-11-26/h5-8H,2-4,9,12-14,16H2,1H3,(H,28,31). The van der Waals surface area contributed by atoms with Gasteiger partial charge in [-0.15, -0.1) is 11.3 Å². The summed E-state index contributed by atoms with van der Waals surface area (Å²) in [6, 6.07) is 11.2. The van der Waals surface area contributed by atoms with Gasteiger partial charge in [0.2, 0.25) is 10.0 Å². The number of benzene rings is 1. The van der Waals surface area contributed by atoms with Crippen molar-refractivity contribution >= 4 is 38.4 Å². The zero-order chi connectivity index (χ0) is 27.0. The lowest BCUT2D eigenvalue weighted by Gasteiger charge is -2.25. The first-order chi connectivity index (χ1) is 17.8. The molecule has 2 aromatic rings. The van der Waals surface area contributed by atoms with Gasteiger partial charge in [-0.2, -0.15) is 20.1 Å². The number of thiophene rings is 1. The lowest BCUT2D eigenvalue weighted by molar-refractivity contribution is 0.102. The predicted octanol–water partition coefficient (Wildman–Crippen LogP) is 3.20. The number of rotatable bonds is 9. The average molecular weight is 541 g/mol. The van der Waals surface area contributed by atoms with E-state index in [2.05, 4.69) is 11.4 Å². The van der Waals surface area contributed by atoms with Crippen LogP contribution >= 0.6 is 11.3 Å². The van der Waals surface area contributed by atoms with Gasteiger partial charge >= 0.3 is 6.09 Å². The molecule has 3 rings (SSSR count). The number of nitrogens with one attached hydrogen (secondary N) is 1. The van der Waals surface area contributed by atoms with Crippen molar-refractivity contribution < 1.29 is 22.7 Å². The van der Waals surface area contributed by atoms with Crippen molar-refractivity contribution in [3.8, 4) is 18.2 Å². The molecule has 2 amide bonds. The summed E-state index contributed by atoms with van der Waals surface area (Å²) in [5.74, 6) is -0.521. The second-order valence-corrected chi connectivity index (χ2v) is 10.9. The summed E-state index contributed by atoms with van der Waals surface area (Å²) in [5.41, 5.74) is 1.32. The number of sulfonamides is 1. The topological polar surface area (TPSA) is 167 Å². The average Bonchev–Trinajstić information content (AvgIpc) is 3.24. The molecule has 1 aliphatic heterocycles. The van der Waals surface area contributed by atoms with Gasteiger partial charge in [-0.1, -0.05) is 0 Å². The molecule has 0 aliphatic carbocycles. The van der Waals surface area contributed by atoms with Crippen LogP contribution in [-0.2, 0) is 27.7 Å². The molecule has 0 saturated carbocycles. The Morgan fingerprint density at radius 3 is 2.35 bits per heavy atom. The van der Waals surface area contributed by atoms with E-state index < -0.39 is 22.0 Å². The monoisotopic (exact) mass is 540 g/mol. The second kappa shape index (κ2) is 12.3. The highest BCUT2D eigenvalue weighted by molar-refractivity contribution is 7.89. The molecular formula is C24H24N6O5S2. The molecule has 37 heavy (non-hydrogen) atoms. The zero-order valence-electron chi connectivity index (χ0n) is 20.1. The van der Waals surface area contributed by atoms with Crippen LogP contribution in [0.25, 0.3) is 0 Å². The summed E-state index contributed by atoms with van der Waals surface area (Å²) in [7, 11) is -3.96. The summed E-state index contributed by atoms with van der Waals surface area (Å²) in [5, 5.41) is 30.4. The van der Waals surface area contributed by atoms with E-state index in [0.29, 0.717) is 23.5 Å². The highest BCUT2D eigenvalue weighted by Crippen LogP contribution is 2.37. The van der Waals surface area contributed by atoms with Gasteiger partial charge in [0, 0.05) is 42.9 Å². The third kappa shape index (κ3) is 6.25. The van der Waals surface area contributed by atoms with Crippen LogP contribution in [0.1, 0.15) is 46.1 Å². The van der Waals surface area contributed by atoms with Gasteiger partial charge in [-0.3, -0.25) is 4.79 Å². The van der Waals surface area contributed by atoms with Crippen LogP contribution in [0.15, 0.2) is 29.2 Å². The quantitative estimate of drug-likeness (QED) is 0.506. The summed E-state index contributed by atoms with van der Waals surface area (Å²) in [6.07, 6.45) is -0.00692. The molecule has 11 nitrogen and oxygen atoms in total. The Hall–Kier alpha value is -3.96. The summed E-state index contributed by atoms with van der Waals surface area (Å²) in [6.45, 7) is 2.58. The molecule has 0 bridgehead atoms. The largest absolute Gasteiger partial charge is 0.450 e. The van der Waals surface area contributed by atoms with E-state index in [1.807, 2.05) is 12.1 Å². The van der Waals surface area contributed by atoms with Crippen molar-refractivity contribution in [3.63, 3.8) is 0 Å². The summed E-state index contributed by atoms with van der Waals surface area (Å²) >= 11 is 1.22.